The van der Waals surface area contributed by atoms with E-state index in [0.717, 1.165) is 0 Å². The maximum atomic E-state index is 9.76. The molecule has 0 saturated heterocycles. The topological polar surface area (TPSA) is 219 Å². The van der Waals surface area contributed by atoms with Gasteiger partial charge in [0.05, 0.1) is 19.8 Å². The summed E-state index contributed by atoms with van der Waals surface area (Å²) >= 11 is 0. The molecule has 7 atom stereocenters. The number of carbonyl (C=O) groups excluding carboxylic acids is 1. The largest absolute Gasteiger partial charge is 0.394 e. The lowest BCUT2D eigenvalue weighted by atomic mass is 10.0. The van der Waals surface area contributed by atoms with Crippen LogP contribution in [0.5, 0.6) is 0 Å². The molecule has 0 saturated carbocycles. The summed E-state index contributed by atoms with van der Waals surface area (Å²) in [6, 6.07) is 0. The summed E-state index contributed by atoms with van der Waals surface area (Å²) in [5, 5.41) is 86.2. The Kier molecular flexibility index (Phi) is 13.7. The summed E-state index contributed by atoms with van der Waals surface area (Å²) in [5.41, 5.74) is 0. The highest BCUT2D eigenvalue weighted by Gasteiger charge is 2.29. The molecule has 0 unspecified atom stereocenters. The quantitative estimate of drug-likeness (QED) is 0.179. The van der Waals surface area contributed by atoms with Crippen molar-refractivity contribution in [2.24, 2.45) is 0 Å². The summed E-state index contributed by atoms with van der Waals surface area (Å²) < 4.78 is 0. The molecule has 0 radical (unpaired) electrons. The highest BCUT2D eigenvalue weighted by atomic mass is 16.4. The van der Waals surface area contributed by atoms with Gasteiger partial charge in [0.2, 0.25) is 0 Å². The molecule has 0 bridgehead atoms. The van der Waals surface area contributed by atoms with Crippen LogP contribution in [-0.2, 0) is 4.79 Å². The fourth-order valence-electron chi connectivity index (χ4n) is 1.09. The molecule has 0 spiro atoms. The minimum atomic E-state index is -1.67. The minimum Gasteiger partial charge on any atom is -0.394 e. The van der Waals surface area contributed by atoms with Crippen LogP contribution in [0, 0.1) is 0 Å². The Labute approximate surface area is 125 Å². The third-order valence-corrected chi connectivity index (χ3v) is 2.58. The molecule has 0 rings (SSSR count). The molecule has 0 aromatic carbocycles. The van der Waals surface area contributed by atoms with Crippen LogP contribution >= 0.6 is 0 Å². The van der Waals surface area contributed by atoms with Gasteiger partial charge in [0.15, 0.2) is 6.29 Å². The molecule has 0 heterocycles. The first-order valence-corrected chi connectivity index (χ1v) is 6.22. The highest BCUT2D eigenvalue weighted by Crippen LogP contribution is 2.04. The molecule has 134 valence electrons. The average Bonchev–Trinajstić information content (AvgIpc) is 2.56. The summed E-state index contributed by atoms with van der Waals surface area (Å²) in [7, 11) is 0. The molecule has 11 heteroatoms. The molecular weight excluding hydrogens is 308 g/mol. The van der Waals surface area contributed by atoms with Gasteiger partial charge in [-0.05, 0) is 0 Å². The number of aldehydes is 1. The standard InChI is InChI=1S/C6H14O6.C5H10O5/c7-1-3(9)5(11)6(12)4(10)2-8;6-1-3(8)5(10)4(9)2-7/h3-12H,1-2H2;1,3-5,7-10H,2H2/t3-,4+,5-,6-;3-,4+,5+/m10/s1. The molecule has 10 N–H and O–H groups in total. The van der Waals surface area contributed by atoms with Crippen LogP contribution in [0.15, 0.2) is 0 Å². The van der Waals surface area contributed by atoms with Crippen LogP contribution < -0.4 is 0 Å². The van der Waals surface area contributed by atoms with Crippen LogP contribution in [0.4, 0.5) is 0 Å². The van der Waals surface area contributed by atoms with E-state index in [1.165, 1.54) is 0 Å². The molecule has 0 aliphatic rings. The Morgan fingerprint density at radius 1 is 0.591 bits per heavy atom. The van der Waals surface area contributed by atoms with Gasteiger partial charge >= 0.3 is 0 Å². The second-order valence-corrected chi connectivity index (χ2v) is 4.35. The fraction of sp³-hybridized carbons (Fsp3) is 0.909. The number of hydrogen-bond donors (Lipinski definition) is 10. The van der Waals surface area contributed by atoms with Crippen molar-refractivity contribution in [3.8, 4) is 0 Å². The predicted molar refractivity (Wildman–Crippen MR) is 69.4 cm³/mol. The normalized spacial score (nSPS) is 20.6. The van der Waals surface area contributed by atoms with E-state index in [9.17, 15) is 4.79 Å². The average molecular weight is 332 g/mol. The molecule has 0 aliphatic heterocycles. The van der Waals surface area contributed by atoms with Crippen molar-refractivity contribution in [2.75, 3.05) is 19.8 Å². The molecule has 0 fully saturated rings. The van der Waals surface area contributed by atoms with Gasteiger partial charge in [-0.1, -0.05) is 0 Å². The van der Waals surface area contributed by atoms with Crippen molar-refractivity contribution in [3.05, 3.63) is 0 Å². The van der Waals surface area contributed by atoms with E-state index in [1.54, 1.807) is 0 Å². The van der Waals surface area contributed by atoms with Crippen LogP contribution in [0.25, 0.3) is 0 Å². The van der Waals surface area contributed by atoms with Crippen LogP contribution in [0.3, 0.4) is 0 Å². The smallest absolute Gasteiger partial charge is 0.151 e. The molecule has 0 aromatic heterocycles. The first-order valence-electron chi connectivity index (χ1n) is 6.22. The lowest BCUT2D eigenvalue weighted by Gasteiger charge is -2.24. The number of rotatable bonds is 9. The monoisotopic (exact) mass is 332 g/mol. The Morgan fingerprint density at radius 2 is 0.864 bits per heavy atom. The van der Waals surface area contributed by atoms with Gasteiger partial charge in [0, 0.05) is 0 Å². The molecule has 11 nitrogen and oxygen atoms in total. The molecular formula is C11H24O11. The predicted octanol–water partition coefficient (Wildman–Crippen LogP) is -6.33. The van der Waals surface area contributed by atoms with E-state index in [-0.39, 0.29) is 6.29 Å². The van der Waals surface area contributed by atoms with Gasteiger partial charge in [-0.2, -0.15) is 0 Å². The van der Waals surface area contributed by atoms with Gasteiger partial charge in [-0.15, -0.1) is 0 Å². The second-order valence-electron chi connectivity index (χ2n) is 4.35. The molecule has 0 amide bonds. The van der Waals surface area contributed by atoms with Gasteiger partial charge in [0.25, 0.3) is 0 Å². The maximum Gasteiger partial charge on any atom is 0.151 e. The lowest BCUT2D eigenvalue weighted by Crippen LogP contribution is -2.46. The number of aliphatic hydroxyl groups excluding tert-OH is 10. The van der Waals surface area contributed by atoms with Crippen molar-refractivity contribution in [1.29, 1.82) is 0 Å². The van der Waals surface area contributed by atoms with E-state index >= 15 is 0 Å². The van der Waals surface area contributed by atoms with Crippen molar-refractivity contribution in [1.82, 2.24) is 0 Å². The van der Waals surface area contributed by atoms with E-state index in [2.05, 4.69) is 0 Å². The van der Waals surface area contributed by atoms with Crippen molar-refractivity contribution >= 4 is 6.29 Å². The van der Waals surface area contributed by atoms with Crippen molar-refractivity contribution in [3.63, 3.8) is 0 Å². The summed E-state index contributed by atoms with van der Waals surface area (Å²) in [5.74, 6) is 0. The van der Waals surface area contributed by atoms with Gasteiger partial charge in [-0.3, -0.25) is 0 Å². The molecule has 0 aromatic rings. The number of hydrogen-bond acceptors (Lipinski definition) is 11. The van der Waals surface area contributed by atoms with Crippen LogP contribution in [-0.4, -0.2) is 120 Å². The highest BCUT2D eigenvalue weighted by molar-refractivity contribution is 5.56. The maximum absolute atomic E-state index is 9.76. The summed E-state index contributed by atoms with van der Waals surface area (Å²) in [6.07, 6.45) is -11.0. The first kappa shape index (κ1) is 23.5. The Morgan fingerprint density at radius 3 is 1.09 bits per heavy atom. The van der Waals surface area contributed by atoms with Gasteiger partial charge in [0.1, 0.15) is 42.7 Å². The second kappa shape index (κ2) is 12.8. The van der Waals surface area contributed by atoms with Crippen molar-refractivity contribution in [2.45, 2.75) is 42.7 Å². The summed E-state index contributed by atoms with van der Waals surface area (Å²) in [6.45, 7) is -2.14. The Bertz CT molecular complexity index is 263. The first-order chi connectivity index (χ1) is 10.2. The molecule has 0 aliphatic carbocycles. The Balaban J connectivity index is 0. The summed E-state index contributed by atoms with van der Waals surface area (Å²) in [4.78, 5) is 9.76. The zero-order valence-corrected chi connectivity index (χ0v) is 11.6. The zero-order chi connectivity index (χ0) is 17.9. The van der Waals surface area contributed by atoms with Crippen LogP contribution in [0.2, 0.25) is 0 Å². The number of aliphatic hydroxyl groups is 10. The Hall–Kier alpha value is -0.730. The SMILES string of the molecule is O=C[C@H](O)[C@@H](O)[C@H](O)CO.OC[C@@H](O)[C@@H](O)[C@H](O)[C@@H](O)CO. The fourth-order valence-corrected chi connectivity index (χ4v) is 1.09. The van der Waals surface area contributed by atoms with Crippen molar-refractivity contribution < 1.29 is 55.9 Å². The molecule has 22 heavy (non-hydrogen) atoms. The van der Waals surface area contributed by atoms with E-state index < -0.39 is 62.5 Å². The van der Waals surface area contributed by atoms with Gasteiger partial charge in [-0.25, -0.2) is 0 Å². The van der Waals surface area contributed by atoms with E-state index in [0.29, 0.717) is 0 Å². The van der Waals surface area contributed by atoms with Gasteiger partial charge < -0.3 is 55.9 Å². The minimum absolute atomic E-state index is 0.0869. The zero-order valence-electron chi connectivity index (χ0n) is 11.6. The lowest BCUT2D eigenvalue weighted by molar-refractivity contribution is -0.127. The third kappa shape index (κ3) is 8.65. The van der Waals surface area contributed by atoms with E-state index in [1.807, 2.05) is 0 Å². The number of carbonyl (C=O) groups is 1. The van der Waals surface area contributed by atoms with E-state index in [4.69, 9.17) is 51.1 Å². The van der Waals surface area contributed by atoms with Crippen LogP contribution in [0.1, 0.15) is 0 Å². The third-order valence-electron chi connectivity index (χ3n) is 2.58.